The van der Waals surface area contributed by atoms with Crippen molar-refractivity contribution in [2.24, 2.45) is 0 Å². The molecule has 0 unspecified atom stereocenters. The zero-order valence-corrected chi connectivity index (χ0v) is 13.1. The normalized spacial score (nSPS) is 18.2. The Hall–Kier alpha value is 0.160. The number of halogens is 3. The second kappa shape index (κ2) is 7.68. The summed E-state index contributed by atoms with van der Waals surface area (Å²) in [6.45, 7) is 4.02. The molecule has 0 bridgehead atoms. The molecule has 1 saturated heterocycles. The molecule has 1 aromatic carbocycles. The molecule has 18 heavy (non-hydrogen) atoms. The van der Waals surface area contributed by atoms with Crippen LogP contribution in [-0.2, 0) is 0 Å². The molecule has 1 aliphatic rings. The lowest BCUT2D eigenvalue weighted by atomic mass is 10.1. The van der Waals surface area contributed by atoms with Crippen LogP contribution in [0.5, 0.6) is 0 Å². The van der Waals surface area contributed by atoms with Gasteiger partial charge in [-0.3, -0.25) is 4.90 Å². The topological polar surface area (TPSA) is 35.5 Å². The lowest BCUT2D eigenvalue weighted by Crippen LogP contribution is -2.46. The summed E-state index contributed by atoms with van der Waals surface area (Å²) in [6.07, 6.45) is 0. The van der Waals surface area contributed by atoms with Crippen molar-refractivity contribution in [1.82, 2.24) is 10.2 Å². The Morgan fingerprint density at radius 1 is 1.39 bits per heavy atom. The zero-order valence-electron chi connectivity index (χ0n) is 9.90. The predicted octanol–water partition coefficient (Wildman–Crippen LogP) is 2.46. The van der Waals surface area contributed by atoms with Crippen LogP contribution in [0.2, 0.25) is 5.02 Å². The maximum absolute atomic E-state index is 9.58. The highest BCUT2D eigenvalue weighted by Crippen LogP contribution is 2.28. The molecule has 2 rings (SSSR count). The summed E-state index contributed by atoms with van der Waals surface area (Å²) in [5, 5.41) is 13.6. The van der Waals surface area contributed by atoms with Gasteiger partial charge in [-0.1, -0.05) is 17.7 Å². The van der Waals surface area contributed by atoms with Gasteiger partial charge in [-0.25, -0.2) is 0 Å². The summed E-state index contributed by atoms with van der Waals surface area (Å²) in [5.74, 6) is 0. The number of nitrogens with zero attached hydrogens (tertiary/aromatic N) is 1. The Morgan fingerprint density at radius 3 is 2.61 bits per heavy atom. The number of rotatable bonds is 3. The summed E-state index contributed by atoms with van der Waals surface area (Å²) in [7, 11) is 0. The molecule has 3 nitrogen and oxygen atoms in total. The first-order valence-corrected chi connectivity index (χ1v) is 6.90. The van der Waals surface area contributed by atoms with Gasteiger partial charge < -0.3 is 10.4 Å². The van der Waals surface area contributed by atoms with Crippen LogP contribution in [0, 0.1) is 0 Å². The van der Waals surface area contributed by atoms with E-state index >= 15 is 0 Å². The van der Waals surface area contributed by atoms with E-state index in [4.69, 9.17) is 11.6 Å². The van der Waals surface area contributed by atoms with E-state index in [2.05, 4.69) is 26.1 Å². The van der Waals surface area contributed by atoms with Gasteiger partial charge in [0.2, 0.25) is 0 Å². The van der Waals surface area contributed by atoms with E-state index in [1.807, 2.05) is 18.2 Å². The van der Waals surface area contributed by atoms with Crippen LogP contribution in [0.15, 0.2) is 22.7 Å². The van der Waals surface area contributed by atoms with Crippen molar-refractivity contribution >= 4 is 39.9 Å². The van der Waals surface area contributed by atoms with Crippen molar-refractivity contribution in [2.75, 3.05) is 32.8 Å². The minimum atomic E-state index is 0. The quantitative estimate of drug-likeness (QED) is 0.874. The lowest BCUT2D eigenvalue weighted by molar-refractivity contribution is 0.111. The van der Waals surface area contributed by atoms with Crippen molar-refractivity contribution in [3.63, 3.8) is 0 Å². The van der Waals surface area contributed by atoms with Crippen molar-refractivity contribution in [2.45, 2.75) is 6.04 Å². The summed E-state index contributed by atoms with van der Waals surface area (Å²) < 4.78 is 0.880. The SMILES string of the molecule is Cl.OC[C@@H](c1ccc(Cl)c(Br)c1)N1CCNCC1. The third-order valence-electron chi connectivity index (χ3n) is 3.09. The summed E-state index contributed by atoms with van der Waals surface area (Å²) in [4.78, 5) is 2.30. The second-order valence-electron chi connectivity index (χ2n) is 4.16. The fourth-order valence-corrected chi connectivity index (χ4v) is 2.66. The fourth-order valence-electron chi connectivity index (χ4n) is 2.15. The molecule has 6 heteroatoms. The number of aliphatic hydroxyl groups excluding tert-OH is 1. The fraction of sp³-hybridized carbons (Fsp3) is 0.500. The molecule has 1 aliphatic heterocycles. The number of hydrogen-bond acceptors (Lipinski definition) is 3. The van der Waals surface area contributed by atoms with E-state index in [0.717, 1.165) is 36.2 Å². The molecule has 1 fully saturated rings. The van der Waals surface area contributed by atoms with Gasteiger partial charge in [0, 0.05) is 30.7 Å². The van der Waals surface area contributed by atoms with Gasteiger partial charge in [0.05, 0.1) is 17.7 Å². The Bertz CT molecular complexity index is 386. The Balaban J connectivity index is 0.00000162. The molecule has 0 amide bonds. The van der Waals surface area contributed by atoms with Crippen LogP contribution in [0.25, 0.3) is 0 Å². The number of hydrogen-bond donors (Lipinski definition) is 2. The zero-order chi connectivity index (χ0) is 12.3. The molecule has 102 valence electrons. The van der Waals surface area contributed by atoms with Crippen molar-refractivity contribution < 1.29 is 5.11 Å². The van der Waals surface area contributed by atoms with E-state index in [1.54, 1.807) is 0 Å². The first kappa shape index (κ1) is 16.2. The smallest absolute Gasteiger partial charge is 0.0628 e. The number of aliphatic hydroxyl groups is 1. The van der Waals surface area contributed by atoms with Gasteiger partial charge in [0.15, 0.2) is 0 Å². The molecule has 2 N–H and O–H groups in total. The highest BCUT2D eigenvalue weighted by molar-refractivity contribution is 9.10. The third kappa shape index (κ3) is 3.83. The highest BCUT2D eigenvalue weighted by Gasteiger charge is 2.21. The molecule has 0 aliphatic carbocycles. The minimum Gasteiger partial charge on any atom is -0.394 e. The van der Waals surface area contributed by atoms with Crippen LogP contribution >= 0.6 is 39.9 Å². The average Bonchev–Trinajstić information content (AvgIpc) is 2.36. The van der Waals surface area contributed by atoms with Crippen LogP contribution in [0.1, 0.15) is 11.6 Å². The predicted molar refractivity (Wildman–Crippen MR) is 80.7 cm³/mol. The monoisotopic (exact) mass is 354 g/mol. The van der Waals surface area contributed by atoms with E-state index < -0.39 is 0 Å². The summed E-state index contributed by atoms with van der Waals surface area (Å²) >= 11 is 9.40. The van der Waals surface area contributed by atoms with Gasteiger partial charge in [0.1, 0.15) is 0 Å². The molecule has 1 atom stereocenters. The maximum Gasteiger partial charge on any atom is 0.0628 e. The van der Waals surface area contributed by atoms with Gasteiger partial charge in [-0.15, -0.1) is 12.4 Å². The molecule has 0 spiro atoms. The first-order valence-electron chi connectivity index (χ1n) is 5.73. The first-order chi connectivity index (χ1) is 8.22. The van der Waals surface area contributed by atoms with E-state index in [9.17, 15) is 5.11 Å². The van der Waals surface area contributed by atoms with Crippen LogP contribution < -0.4 is 5.32 Å². The van der Waals surface area contributed by atoms with Gasteiger partial charge in [0.25, 0.3) is 0 Å². The van der Waals surface area contributed by atoms with Crippen LogP contribution in [-0.4, -0.2) is 42.8 Å². The molecular weight excluding hydrogens is 339 g/mol. The Labute approximate surface area is 127 Å². The largest absolute Gasteiger partial charge is 0.394 e. The Kier molecular flexibility index (Phi) is 6.92. The molecule has 0 aromatic heterocycles. The maximum atomic E-state index is 9.58. The van der Waals surface area contributed by atoms with E-state index in [-0.39, 0.29) is 25.1 Å². The van der Waals surface area contributed by atoms with Crippen LogP contribution in [0.4, 0.5) is 0 Å². The average molecular weight is 356 g/mol. The molecule has 1 aromatic rings. The lowest BCUT2D eigenvalue weighted by Gasteiger charge is -2.34. The third-order valence-corrected chi connectivity index (χ3v) is 4.31. The summed E-state index contributed by atoms with van der Waals surface area (Å²) in [6, 6.07) is 5.90. The van der Waals surface area contributed by atoms with Gasteiger partial charge in [-0.05, 0) is 33.6 Å². The van der Waals surface area contributed by atoms with Crippen molar-refractivity contribution in [3.05, 3.63) is 33.3 Å². The van der Waals surface area contributed by atoms with E-state index in [1.165, 1.54) is 0 Å². The molecule has 1 heterocycles. The Morgan fingerprint density at radius 2 is 2.06 bits per heavy atom. The second-order valence-corrected chi connectivity index (χ2v) is 5.42. The number of nitrogens with one attached hydrogen (secondary N) is 1. The highest BCUT2D eigenvalue weighted by atomic mass is 79.9. The van der Waals surface area contributed by atoms with Crippen molar-refractivity contribution in [3.8, 4) is 0 Å². The van der Waals surface area contributed by atoms with Crippen molar-refractivity contribution in [1.29, 1.82) is 0 Å². The van der Waals surface area contributed by atoms with Gasteiger partial charge in [-0.2, -0.15) is 0 Å². The van der Waals surface area contributed by atoms with Crippen LogP contribution in [0.3, 0.4) is 0 Å². The van der Waals surface area contributed by atoms with Gasteiger partial charge >= 0.3 is 0 Å². The number of benzene rings is 1. The van der Waals surface area contributed by atoms with E-state index in [0.29, 0.717) is 5.02 Å². The molecule has 0 radical (unpaired) electrons. The minimum absolute atomic E-state index is 0. The summed E-state index contributed by atoms with van der Waals surface area (Å²) in [5.41, 5.74) is 1.10. The molecule has 0 saturated carbocycles. The molecular formula is C12H17BrCl2N2O. The number of piperazine rings is 1. The standard InChI is InChI=1S/C12H16BrClN2O.ClH/c13-10-7-9(1-2-11(10)14)12(8-17)16-5-3-15-4-6-16;/h1-2,7,12,15,17H,3-6,8H2;1H/t12-;/m0./s1.